The molecule has 0 spiro atoms. The fraction of sp³-hybridized carbons (Fsp3) is 0.150. The standard InChI is InChI=1S/C20H19N5O3S/c1-3-12-24-19(15-8-5-4-6-9-15)22-23-20(24)29-13-18(26)21-16-10-7-11-17(14(16)2)25(27)28/h3-11H,1,12-13H2,2H3,(H,21,26). The Balaban J connectivity index is 1.73. The van der Waals surface area contributed by atoms with Crippen LogP contribution in [0.25, 0.3) is 11.4 Å². The van der Waals surface area contributed by atoms with Gasteiger partial charge in [0.1, 0.15) is 0 Å². The first kappa shape index (κ1) is 20.3. The predicted molar refractivity (Wildman–Crippen MR) is 113 cm³/mol. The van der Waals surface area contributed by atoms with Gasteiger partial charge in [0.15, 0.2) is 11.0 Å². The van der Waals surface area contributed by atoms with E-state index in [1.165, 1.54) is 17.8 Å². The molecule has 0 aliphatic rings. The van der Waals surface area contributed by atoms with E-state index in [0.29, 0.717) is 28.8 Å². The Morgan fingerprint density at radius 3 is 2.69 bits per heavy atom. The van der Waals surface area contributed by atoms with Crippen molar-refractivity contribution in [3.63, 3.8) is 0 Å². The van der Waals surface area contributed by atoms with Crippen molar-refractivity contribution in [2.24, 2.45) is 0 Å². The van der Waals surface area contributed by atoms with Crippen LogP contribution in [0.1, 0.15) is 5.56 Å². The van der Waals surface area contributed by atoms with Gasteiger partial charge in [-0.05, 0) is 13.0 Å². The first-order valence-corrected chi connectivity index (χ1v) is 9.76. The number of hydrogen-bond acceptors (Lipinski definition) is 6. The Bertz CT molecular complexity index is 1050. The van der Waals surface area contributed by atoms with Crippen molar-refractivity contribution in [3.05, 3.63) is 76.9 Å². The van der Waals surface area contributed by atoms with E-state index in [1.54, 1.807) is 25.1 Å². The smallest absolute Gasteiger partial charge is 0.274 e. The number of thioether (sulfide) groups is 1. The van der Waals surface area contributed by atoms with E-state index >= 15 is 0 Å². The first-order chi connectivity index (χ1) is 14.0. The predicted octanol–water partition coefficient (Wildman–Crippen LogP) is 4.08. The summed E-state index contributed by atoms with van der Waals surface area (Å²) < 4.78 is 1.89. The minimum Gasteiger partial charge on any atom is -0.325 e. The molecule has 2 aromatic carbocycles. The van der Waals surface area contributed by atoms with E-state index in [0.717, 1.165) is 5.56 Å². The number of nitrogens with one attached hydrogen (secondary N) is 1. The minimum atomic E-state index is -0.470. The number of carbonyl (C=O) groups excluding carboxylic acids is 1. The maximum Gasteiger partial charge on any atom is 0.274 e. The Labute approximate surface area is 171 Å². The molecule has 0 radical (unpaired) electrons. The van der Waals surface area contributed by atoms with Gasteiger partial charge in [0.25, 0.3) is 5.69 Å². The summed E-state index contributed by atoms with van der Waals surface area (Å²) in [6, 6.07) is 14.2. The number of hydrogen-bond donors (Lipinski definition) is 1. The molecular formula is C20H19N5O3S. The molecule has 0 saturated heterocycles. The monoisotopic (exact) mass is 409 g/mol. The van der Waals surface area contributed by atoms with Crippen molar-refractivity contribution in [1.29, 1.82) is 0 Å². The van der Waals surface area contributed by atoms with E-state index in [1.807, 2.05) is 34.9 Å². The summed E-state index contributed by atoms with van der Waals surface area (Å²) >= 11 is 1.24. The second-order valence-corrected chi connectivity index (χ2v) is 7.06. The number of rotatable bonds is 8. The molecule has 1 amide bonds. The van der Waals surface area contributed by atoms with Gasteiger partial charge in [-0.2, -0.15) is 0 Å². The zero-order chi connectivity index (χ0) is 20.8. The molecule has 3 aromatic rings. The van der Waals surface area contributed by atoms with Gasteiger partial charge < -0.3 is 5.32 Å². The van der Waals surface area contributed by atoms with Crippen molar-refractivity contribution >= 4 is 29.0 Å². The van der Waals surface area contributed by atoms with Gasteiger partial charge in [-0.3, -0.25) is 19.5 Å². The quantitative estimate of drug-likeness (QED) is 0.260. The van der Waals surface area contributed by atoms with E-state index < -0.39 is 4.92 Å². The van der Waals surface area contributed by atoms with Crippen LogP contribution < -0.4 is 5.32 Å². The third-order valence-electron chi connectivity index (χ3n) is 4.17. The topological polar surface area (TPSA) is 103 Å². The lowest BCUT2D eigenvalue weighted by Gasteiger charge is -2.09. The molecule has 1 aromatic heterocycles. The van der Waals surface area contributed by atoms with Crippen molar-refractivity contribution in [2.45, 2.75) is 18.6 Å². The maximum atomic E-state index is 12.4. The highest BCUT2D eigenvalue weighted by atomic mass is 32.2. The molecule has 148 valence electrons. The molecule has 29 heavy (non-hydrogen) atoms. The molecule has 0 unspecified atom stereocenters. The average Bonchev–Trinajstić information content (AvgIpc) is 3.11. The molecule has 0 bridgehead atoms. The van der Waals surface area contributed by atoms with Crippen molar-refractivity contribution < 1.29 is 9.72 Å². The minimum absolute atomic E-state index is 0.0336. The summed E-state index contributed by atoms with van der Waals surface area (Å²) in [5.41, 5.74) is 1.72. The van der Waals surface area contributed by atoms with Crippen LogP contribution >= 0.6 is 11.8 Å². The molecule has 0 aliphatic carbocycles. The summed E-state index contributed by atoms with van der Waals surface area (Å²) in [6.45, 7) is 5.88. The lowest BCUT2D eigenvalue weighted by molar-refractivity contribution is -0.385. The second-order valence-electron chi connectivity index (χ2n) is 6.12. The average molecular weight is 409 g/mol. The van der Waals surface area contributed by atoms with Crippen molar-refractivity contribution in [1.82, 2.24) is 14.8 Å². The molecule has 1 heterocycles. The molecule has 0 atom stereocenters. The van der Waals surface area contributed by atoms with Gasteiger partial charge in [-0.1, -0.05) is 54.2 Å². The molecule has 1 N–H and O–H groups in total. The molecule has 8 nitrogen and oxygen atoms in total. The number of nitrogens with zero attached hydrogens (tertiary/aromatic N) is 4. The number of amides is 1. The van der Waals surface area contributed by atoms with E-state index in [4.69, 9.17) is 0 Å². The van der Waals surface area contributed by atoms with Crippen LogP contribution in [0, 0.1) is 17.0 Å². The molecular weight excluding hydrogens is 390 g/mol. The van der Waals surface area contributed by atoms with E-state index in [9.17, 15) is 14.9 Å². The SMILES string of the molecule is C=CCn1c(SCC(=O)Nc2cccc([N+](=O)[O-])c2C)nnc1-c1ccccc1. The van der Waals surface area contributed by atoms with Gasteiger partial charge in [-0.25, -0.2) is 0 Å². The van der Waals surface area contributed by atoms with Crippen LogP contribution in [0.2, 0.25) is 0 Å². The van der Waals surface area contributed by atoms with Crippen LogP contribution in [0.3, 0.4) is 0 Å². The lowest BCUT2D eigenvalue weighted by Crippen LogP contribution is -2.15. The van der Waals surface area contributed by atoms with Gasteiger partial charge in [0.05, 0.1) is 21.9 Å². The Morgan fingerprint density at radius 2 is 2.00 bits per heavy atom. The molecule has 0 saturated carbocycles. The Hall–Kier alpha value is -3.46. The number of allylic oxidation sites excluding steroid dienone is 1. The molecule has 0 aliphatic heterocycles. The normalized spacial score (nSPS) is 10.5. The largest absolute Gasteiger partial charge is 0.325 e. The van der Waals surface area contributed by atoms with Gasteiger partial charge >= 0.3 is 0 Å². The molecule has 0 fully saturated rings. The number of aromatic nitrogens is 3. The Kier molecular flexibility index (Phi) is 6.40. The third kappa shape index (κ3) is 4.69. The van der Waals surface area contributed by atoms with Crippen LogP contribution in [0.15, 0.2) is 66.3 Å². The Morgan fingerprint density at radius 1 is 1.24 bits per heavy atom. The summed E-state index contributed by atoms with van der Waals surface area (Å²) in [5, 5.41) is 22.8. The fourth-order valence-corrected chi connectivity index (χ4v) is 3.51. The molecule has 9 heteroatoms. The van der Waals surface area contributed by atoms with Crippen LogP contribution in [0.4, 0.5) is 11.4 Å². The highest BCUT2D eigenvalue weighted by Crippen LogP contribution is 2.26. The van der Waals surface area contributed by atoms with E-state index in [2.05, 4.69) is 22.1 Å². The third-order valence-corrected chi connectivity index (χ3v) is 5.14. The fourth-order valence-electron chi connectivity index (χ4n) is 2.76. The maximum absolute atomic E-state index is 12.4. The second kappa shape index (κ2) is 9.16. The molecule has 3 rings (SSSR count). The lowest BCUT2D eigenvalue weighted by atomic mass is 10.1. The first-order valence-electron chi connectivity index (χ1n) is 8.77. The highest BCUT2D eigenvalue weighted by molar-refractivity contribution is 7.99. The van der Waals surface area contributed by atoms with Gasteiger partial charge in [0, 0.05) is 18.2 Å². The van der Waals surface area contributed by atoms with Gasteiger partial charge in [-0.15, -0.1) is 16.8 Å². The zero-order valence-electron chi connectivity index (χ0n) is 15.7. The number of anilines is 1. The zero-order valence-corrected chi connectivity index (χ0v) is 16.6. The number of carbonyl (C=O) groups is 1. The number of nitro benzene ring substituents is 1. The summed E-state index contributed by atoms with van der Waals surface area (Å²) in [7, 11) is 0. The van der Waals surface area contributed by atoms with Gasteiger partial charge in [0.2, 0.25) is 5.91 Å². The van der Waals surface area contributed by atoms with Crippen molar-refractivity contribution in [3.8, 4) is 11.4 Å². The highest BCUT2D eigenvalue weighted by Gasteiger charge is 2.17. The van der Waals surface area contributed by atoms with Crippen LogP contribution in [-0.4, -0.2) is 31.3 Å². The summed E-state index contributed by atoms with van der Waals surface area (Å²) in [6.07, 6.45) is 1.74. The summed E-state index contributed by atoms with van der Waals surface area (Å²) in [4.78, 5) is 23.0. The van der Waals surface area contributed by atoms with Crippen molar-refractivity contribution in [2.75, 3.05) is 11.1 Å². The number of nitro groups is 1. The summed E-state index contributed by atoms with van der Waals surface area (Å²) in [5.74, 6) is 0.502. The van der Waals surface area contributed by atoms with E-state index in [-0.39, 0.29) is 17.3 Å². The van der Waals surface area contributed by atoms with Crippen LogP contribution in [0.5, 0.6) is 0 Å². The van der Waals surface area contributed by atoms with Crippen LogP contribution in [-0.2, 0) is 11.3 Å². The number of benzene rings is 2.